The van der Waals surface area contributed by atoms with Gasteiger partial charge >= 0.3 is 0 Å². The number of nitrogens with zero attached hydrogens (tertiary/aromatic N) is 3. The summed E-state index contributed by atoms with van der Waals surface area (Å²) in [7, 11) is 0. The highest BCUT2D eigenvalue weighted by molar-refractivity contribution is 5.90. The SMILES string of the molecule is CC(C)(C)c1oc(C(N)=O)cc1CN1CCC(Nc2ncccn2)C(O)C1. The summed E-state index contributed by atoms with van der Waals surface area (Å²) in [5.74, 6) is 0.875. The third kappa shape index (κ3) is 4.64. The lowest BCUT2D eigenvalue weighted by Crippen LogP contribution is -2.49. The van der Waals surface area contributed by atoms with Gasteiger partial charge in [0.05, 0.1) is 12.1 Å². The molecule has 2 aromatic heterocycles. The van der Waals surface area contributed by atoms with Crippen LogP contribution in [0.15, 0.2) is 28.9 Å². The van der Waals surface area contributed by atoms with Gasteiger partial charge in [0.25, 0.3) is 5.91 Å². The number of nitrogens with one attached hydrogen (secondary N) is 1. The molecule has 8 heteroatoms. The van der Waals surface area contributed by atoms with Crippen molar-refractivity contribution >= 4 is 11.9 Å². The van der Waals surface area contributed by atoms with Crippen LogP contribution in [0.2, 0.25) is 0 Å². The van der Waals surface area contributed by atoms with Gasteiger partial charge in [-0.2, -0.15) is 0 Å². The lowest BCUT2D eigenvalue weighted by molar-refractivity contribution is 0.0555. The Morgan fingerprint density at radius 2 is 2.11 bits per heavy atom. The van der Waals surface area contributed by atoms with E-state index in [-0.39, 0.29) is 17.2 Å². The van der Waals surface area contributed by atoms with Crippen molar-refractivity contribution in [2.24, 2.45) is 5.73 Å². The number of carbonyl (C=O) groups is 1. The molecule has 0 saturated carbocycles. The van der Waals surface area contributed by atoms with Crippen molar-refractivity contribution in [1.29, 1.82) is 0 Å². The first kappa shape index (κ1) is 19.3. The fourth-order valence-electron chi connectivity index (χ4n) is 3.39. The predicted octanol–water partition coefficient (Wildman–Crippen LogP) is 1.51. The molecule has 1 amide bonds. The number of rotatable bonds is 5. The topological polar surface area (TPSA) is 118 Å². The number of piperidine rings is 1. The van der Waals surface area contributed by atoms with Crippen molar-refractivity contribution in [2.75, 3.05) is 18.4 Å². The second-order valence-corrected chi connectivity index (χ2v) is 7.99. The molecule has 0 aliphatic carbocycles. The molecule has 1 fully saturated rings. The van der Waals surface area contributed by atoms with Crippen molar-refractivity contribution in [3.63, 3.8) is 0 Å². The lowest BCUT2D eigenvalue weighted by atomic mass is 9.90. The first-order valence-electron chi connectivity index (χ1n) is 9.11. The van der Waals surface area contributed by atoms with Crippen LogP contribution in [0.1, 0.15) is 49.1 Å². The van der Waals surface area contributed by atoms with E-state index in [9.17, 15) is 9.90 Å². The third-order valence-corrected chi connectivity index (χ3v) is 4.67. The normalized spacial score (nSPS) is 21.2. The van der Waals surface area contributed by atoms with Crippen molar-refractivity contribution in [3.8, 4) is 0 Å². The second-order valence-electron chi connectivity index (χ2n) is 7.99. The number of amides is 1. The summed E-state index contributed by atoms with van der Waals surface area (Å²) in [5, 5.41) is 13.7. The average molecular weight is 373 g/mol. The number of furan rings is 1. The van der Waals surface area contributed by atoms with Crippen LogP contribution in [-0.4, -0.2) is 51.1 Å². The van der Waals surface area contributed by atoms with E-state index in [0.717, 1.165) is 24.3 Å². The summed E-state index contributed by atoms with van der Waals surface area (Å²) < 4.78 is 5.72. The van der Waals surface area contributed by atoms with Gasteiger partial charge in [-0.1, -0.05) is 20.8 Å². The molecule has 8 nitrogen and oxygen atoms in total. The molecular weight excluding hydrogens is 346 g/mol. The summed E-state index contributed by atoms with van der Waals surface area (Å²) >= 11 is 0. The van der Waals surface area contributed by atoms with Gasteiger partial charge in [0.1, 0.15) is 5.76 Å². The molecule has 1 aliphatic rings. The molecule has 1 aliphatic heterocycles. The number of aliphatic hydroxyl groups excluding tert-OH is 1. The van der Waals surface area contributed by atoms with E-state index in [2.05, 4.69) is 20.2 Å². The molecule has 146 valence electrons. The molecule has 0 aromatic carbocycles. The Hall–Kier alpha value is -2.45. The van der Waals surface area contributed by atoms with E-state index in [1.807, 2.05) is 20.8 Å². The highest BCUT2D eigenvalue weighted by atomic mass is 16.4. The zero-order valence-corrected chi connectivity index (χ0v) is 16.0. The standard InChI is InChI=1S/C19H27N5O3/c1-19(2,3)16-12(9-15(27-16)17(20)26)10-24-8-5-13(14(25)11-24)23-18-21-6-4-7-22-18/h4,6-7,9,13-14,25H,5,8,10-11H2,1-3H3,(H2,20,26)(H,21,22,23). The van der Waals surface area contributed by atoms with Gasteiger partial charge in [-0.3, -0.25) is 9.69 Å². The Bertz CT molecular complexity index is 784. The fourth-order valence-corrected chi connectivity index (χ4v) is 3.39. The van der Waals surface area contributed by atoms with E-state index in [1.165, 1.54) is 0 Å². The predicted molar refractivity (Wildman–Crippen MR) is 101 cm³/mol. The Balaban J connectivity index is 1.67. The number of carbonyl (C=O) groups excluding carboxylic acids is 1. The van der Waals surface area contributed by atoms with Crippen LogP contribution in [0, 0.1) is 0 Å². The first-order chi connectivity index (χ1) is 12.7. The van der Waals surface area contributed by atoms with Gasteiger partial charge in [0, 0.05) is 43.0 Å². The maximum atomic E-state index is 11.5. The van der Waals surface area contributed by atoms with Crippen LogP contribution in [0.4, 0.5) is 5.95 Å². The monoisotopic (exact) mass is 373 g/mol. The Labute approximate surface area is 158 Å². The first-order valence-corrected chi connectivity index (χ1v) is 9.11. The van der Waals surface area contributed by atoms with Gasteiger partial charge in [-0.05, 0) is 18.6 Å². The average Bonchev–Trinajstić information content (AvgIpc) is 3.03. The number of primary amides is 1. The molecule has 3 heterocycles. The van der Waals surface area contributed by atoms with E-state index in [1.54, 1.807) is 24.5 Å². The maximum absolute atomic E-state index is 11.5. The number of hydrogen-bond donors (Lipinski definition) is 3. The van der Waals surface area contributed by atoms with Crippen LogP contribution < -0.4 is 11.1 Å². The van der Waals surface area contributed by atoms with E-state index in [4.69, 9.17) is 10.2 Å². The third-order valence-electron chi connectivity index (χ3n) is 4.67. The number of β-amino-alcohol motifs (C(OH)–C–C–N with tert-alkyl or cyclic N) is 1. The Kier molecular flexibility index (Phi) is 5.48. The van der Waals surface area contributed by atoms with E-state index < -0.39 is 12.0 Å². The molecule has 27 heavy (non-hydrogen) atoms. The Morgan fingerprint density at radius 1 is 1.41 bits per heavy atom. The summed E-state index contributed by atoms with van der Waals surface area (Å²) in [6, 6.07) is 3.37. The number of hydrogen-bond acceptors (Lipinski definition) is 7. The Morgan fingerprint density at radius 3 is 2.70 bits per heavy atom. The summed E-state index contributed by atoms with van der Waals surface area (Å²) in [6.45, 7) is 7.99. The highest BCUT2D eigenvalue weighted by Gasteiger charge is 2.31. The molecule has 2 unspecified atom stereocenters. The van der Waals surface area contributed by atoms with Gasteiger partial charge in [-0.25, -0.2) is 9.97 Å². The lowest BCUT2D eigenvalue weighted by Gasteiger charge is -2.36. The number of aliphatic hydroxyl groups is 1. The molecular formula is C19H27N5O3. The number of nitrogens with two attached hydrogens (primary N) is 1. The number of anilines is 1. The highest BCUT2D eigenvalue weighted by Crippen LogP contribution is 2.30. The number of aromatic nitrogens is 2. The molecule has 0 spiro atoms. The molecule has 2 aromatic rings. The van der Waals surface area contributed by atoms with Crippen LogP contribution in [0.25, 0.3) is 0 Å². The van der Waals surface area contributed by atoms with Gasteiger partial charge in [0.15, 0.2) is 5.76 Å². The van der Waals surface area contributed by atoms with E-state index >= 15 is 0 Å². The molecule has 0 bridgehead atoms. The number of likely N-dealkylation sites (tertiary alicyclic amines) is 1. The van der Waals surface area contributed by atoms with Crippen LogP contribution in [-0.2, 0) is 12.0 Å². The minimum absolute atomic E-state index is 0.101. The molecule has 0 radical (unpaired) electrons. The maximum Gasteiger partial charge on any atom is 0.284 e. The van der Waals surface area contributed by atoms with E-state index in [0.29, 0.717) is 19.0 Å². The zero-order chi connectivity index (χ0) is 19.6. The quantitative estimate of drug-likeness (QED) is 0.727. The van der Waals surface area contributed by atoms with Crippen molar-refractivity contribution in [1.82, 2.24) is 14.9 Å². The molecule has 4 N–H and O–H groups in total. The van der Waals surface area contributed by atoms with Crippen LogP contribution in [0.3, 0.4) is 0 Å². The minimum Gasteiger partial charge on any atom is -0.455 e. The van der Waals surface area contributed by atoms with Crippen molar-refractivity contribution in [2.45, 2.75) is 51.3 Å². The fraction of sp³-hybridized carbons (Fsp3) is 0.526. The van der Waals surface area contributed by atoms with Crippen molar-refractivity contribution in [3.05, 3.63) is 41.6 Å². The summed E-state index contributed by atoms with van der Waals surface area (Å²) in [5.41, 5.74) is 6.07. The van der Waals surface area contributed by atoms with Crippen LogP contribution in [0.5, 0.6) is 0 Å². The van der Waals surface area contributed by atoms with Crippen molar-refractivity contribution < 1.29 is 14.3 Å². The molecule has 3 rings (SSSR count). The zero-order valence-electron chi connectivity index (χ0n) is 16.0. The smallest absolute Gasteiger partial charge is 0.284 e. The summed E-state index contributed by atoms with van der Waals surface area (Å²) in [6.07, 6.45) is 3.54. The largest absolute Gasteiger partial charge is 0.455 e. The van der Waals surface area contributed by atoms with Gasteiger partial charge < -0.3 is 20.6 Å². The van der Waals surface area contributed by atoms with Crippen LogP contribution >= 0.6 is 0 Å². The minimum atomic E-state index is -0.572. The summed E-state index contributed by atoms with van der Waals surface area (Å²) in [4.78, 5) is 22.0. The van der Waals surface area contributed by atoms with Gasteiger partial charge in [-0.15, -0.1) is 0 Å². The molecule has 2 atom stereocenters. The van der Waals surface area contributed by atoms with Gasteiger partial charge in [0.2, 0.25) is 5.95 Å². The molecule has 1 saturated heterocycles. The second kappa shape index (κ2) is 7.66.